The van der Waals surface area contributed by atoms with E-state index in [1.807, 2.05) is 12.1 Å². The zero-order valence-corrected chi connectivity index (χ0v) is 13.4. The average Bonchev–Trinajstić information content (AvgIpc) is 2.65. The Balaban J connectivity index is 1.90. The quantitative estimate of drug-likeness (QED) is 0.777. The molecule has 1 N–H and O–H groups in total. The number of amides is 2. The number of pyridine rings is 2. The van der Waals surface area contributed by atoms with Crippen LogP contribution in [0.3, 0.4) is 0 Å². The maximum atomic E-state index is 13.3. The number of methoxy groups -OCH3 is 1. The number of carbonyl (C=O) groups is 2. The summed E-state index contributed by atoms with van der Waals surface area (Å²) >= 11 is 0. The smallest absolute Gasteiger partial charge is 0.264 e. The van der Waals surface area contributed by atoms with E-state index in [9.17, 15) is 9.59 Å². The molecule has 0 unspecified atom stereocenters. The molecule has 0 spiro atoms. The maximum absolute atomic E-state index is 13.3. The van der Waals surface area contributed by atoms with Crippen LogP contribution < -0.4 is 15.0 Å². The molecule has 7 nitrogen and oxygen atoms in total. The van der Waals surface area contributed by atoms with Crippen molar-refractivity contribution in [2.75, 3.05) is 23.9 Å². The van der Waals surface area contributed by atoms with E-state index in [4.69, 9.17) is 4.74 Å². The zero-order chi connectivity index (χ0) is 17.4. The van der Waals surface area contributed by atoms with E-state index in [-0.39, 0.29) is 18.4 Å². The van der Waals surface area contributed by atoms with Crippen molar-refractivity contribution in [3.05, 3.63) is 54.5 Å². The third-order valence-electron chi connectivity index (χ3n) is 4.08. The Bertz CT molecular complexity index is 1000. The Labute approximate surface area is 143 Å². The Morgan fingerprint density at radius 1 is 1.24 bits per heavy atom. The third-order valence-corrected chi connectivity index (χ3v) is 4.08. The van der Waals surface area contributed by atoms with Crippen molar-refractivity contribution < 1.29 is 14.3 Å². The van der Waals surface area contributed by atoms with E-state index in [0.717, 1.165) is 5.39 Å². The Morgan fingerprint density at radius 3 is 2.96 bits per heavy atom. The van der Waals surface area contributed by atoms with Crippen LogP contribution in [-0.4, -0.2) is 35.4 Å². The summed E-state index contributed by atoms with van der Waals surface area (Å²) in [7, 11) is 1.50. The van der Waals surface area contributed by atoms with Gasteiger partial charge in [-0.2, -0.15) is 0 Å². The monoisotopic (exact) mass is 334 g/mol. The molecule has 2 aromatic heterocycles. The predicted molar refractivity (Wildman–Crippen MR) is 92.8 cm³/mol. The van der Waals surface area contributed by atoms with Crippen molar-refractivity contribution in [1.82, 2.24) is 9.97 Å². The molecule has 25 heavy (non-hydrogen) atoms. The summed E-state index contributed by atoms with van der Waals surface area (Å²) < 4.78 is 5.38. The van der Waals surface area contributed by atoms with E-state index >= 15 is 0 Å². The van der Waals surface area contributed by atoms with Gasteiger partial charge in [-0.1, -0.05) is 6.07 Å². The number of nitrogens with one attached hydrogen (secondary N) is 1. The summed E-state index contributed by atoms with van der Waals surface area (Å²) in [5.74, 6) is -0.206. The largest absolute Gasteiger partial charge is 0.496 e. The van der Waals surface area contributed by atoms with Crippen molar-refractivity contribution in [2.45, 2.75) is 0 Å². The lowest BCUT2D eigenvalue weighted by Crippen LogP contribution is -2.42. The third kappa shape index (κ3) is 2.46. The second kappa shape index (κ2) is 5.86. The van der Waals surface area contributed by atoms with Crippen LogP contribution in [0.5, 0.6) is 5.75 Å². The Kier molecular flexibility index (Phi) is 3.53. The minimum Gasteiger partial charge on any atom is -0.496 e. The number of aromatic nitrogens is 2. The lowest BCUT2D eigenvalue weighted by Gasteiger charge is -2.29. The van der Waals surface area contributed by atoms with Gasteiger partial charge < -0.3 is 10.1 Å². The summed E-state index contributed by atoms with van der Waals surface area (Å²) in [6.07, 6.45) is 4.72. The maximum Gasteiger partial charge on any atom is 0.264 e. The zero-order valence-electron chi connectivity index (χ0n) is 13.4. The Morgan fingerprint density at radius 2 is 2.12 bits per heavy atom. The number of nitrogens with zero attached hydrogens (tertiary/aromatic N) is 3. The summed E-state index contributed by atoms with van der Waals surface area (Å²) in [6.45, 7) is -0.0811. The van der Waals surface area contributed by atoms with Gasteiger partial charge in [-0.3, -0.25) is 24.5 Å². The van der Waals surface area contributed by atoms with Gasteiger partial charge in [0.25, 0.3) is 5.91 Å². The minimum absolute atomic E-state index is 0.0811. The summed E-state index contributed by atoms with van der Waals surface area (Å²) in [6, 6.07) is 8.95. The van der Waals surface area contributed by atoms with Gasteiger partial charge >= 0.3 is 0 Å². The first-order valence-electron chi connectivity index (χ1n) is 7.66. The second-order valence-electron chi connectivity index (χ2n) is 5.55. The topological polar surface area (TPSA) is 84.4 Å². The number of anilines is 2. The van der Waals surface area contributed by atoms with Crippen LogP contribution in [0, 0.1) is 0 Å². The van der Waals surface area contributed by atoms with E-state index in [1.54, 1.807) is 30.6 Å². The lowest BCUT2D eigenvalue weighted by atomic mass is 10.1. The fourth-order valence-electron chi connectivity index (χ4n) is 2.96. The molecule has 0 fully saturated rings. The number of benzene rings is 1. The molecule has 3 heterocycles. The highest BCUT2D eigenvalue weighted by atomic mass is 16.5. The lowest BCUT2D eigenvalue weighted by molar-refractivity contribution is -0.115. The van der Waals surface area contributed by atoms with Crippen molar-refractivity contribution >= 4 is 34.1 Å². The molecule has 2 amide bonds. The summed E-state index contributed by atoms with van der Waals surface area (Å²) in [4.78, 5) is 35.1. The first kappa shape index (κ1) is 15.1. The van der Waals surface area contributed by atoms with Gasteiger partial charge in [-0.05, 0) is 24.3 Å². The van der Waals surface area contributed by atoms with Crippen LogP contribution in [0.2, 0.25) is 0 Å². The molecule has 4 rings (SSSR count). The Hall–Kier alpha value is -3.48. The van der Waals surface area contributed by atoms with Crippen LogP contribution in [0.15, 0.2) is 48.9 Å². The summed E-state index contributed by atoms with van der Waals surface area (Å²) in [5.41, 5.74) is 1.96. The molecule has 124 valence electrons. The van der Waals surface area contributed by atoms with E-state index in [2.05, 4.69) is 15.3 Å². The van der Waals surface area contributed by atoms with Crippen molar-refractivity contribution in [3.63, 3.8) is 0 Å². The number of rotatable bonds is 2. The van der Waals surface area contributed by atoms with Crippen LogP contribution in [0.25, 0.3) is 10.9 Å². The number of hydrogen-bond acceptors (Lipinski definition) is 5. The van der Waals surface area contributed by atoms with Gasteiger partial charge in [0.1, 0.15) is 17.9 Å². The van der Waals surface area contributed by atoms with Gasteiger partial charge in [-0.15, -0.1) is 0 Å². The van der Waals surface area contributed by atoms with Crippen LogP contribution in [0.1, 0.15) is 10.4 Å². The van der Waals surface area contributed by atoms with Crippen molar-refractivity contribution in [2.24, 2.45) is 0 Å². The first-order valence-corrected chi connectivity index (χ1v) is 7.66. The van der Waals surface area contributed by atoms with Gasteiger partial charge in [-0.25, -0.2) is 0 Å². The average molecular weight is 334 g/mol. The van der Waals surface area contributed by atoms with Crippen LogP contribution in [0.4, 0.5) is 11.4 Å². The van der Waals surface area contributed by atoms with E-state index in [1.165, 1.54) is 18.2 Å². The predicted octanol–water partition coefficient (Wildman–Crippen LogP) is 2.24. The number of hydrogen-bond donors (Lipinski definition) is 1. The molecule has 0 bridgehead atoms. The highest BCUT2D eigenvalue weighted by Crippen LogP contribution is 2.33. The number of fused-ring (bicyclic) bond motifs is 2. The molecule has 1 aromatic carbocycles. The summed E-state index contributed by atoms with van der Waals surface area (Å²) in [5, 5.41) is 3.54. The number of ether oxygens (including phenoxy) is 1. The van der Waals surface area contributed by atoms with Crippen LogP contribution in [-0.2, 0) is 4.79 Å². The molecular formula is C18H14N4O3. The van der Waals surface area contributed by atoms with Gasteiger partial charge in [0, 0.05) is 17.8 Å². The number of carbonyl (C=O) groups excluding carboxylic acids is 2. The minimum atomic E-state index is -0.344. The van der Waals surface area contributed by atoms with E-state index in [0.29, 0.717) is 28.2 Å². The highest BCUT2D eigenvalue weighted by molar-refractivity contribution is 6.19. The molecule has 1 aliphatic rings. The molecule has 0 radical (unpaired) electrons. The van der Waals surface area contributed by atoms with Gasteiger partial charge in [0.2, 0.25) is 5.91 Å². The normalized spacial score (nSPS) is 13.3. The standard InChI is InChI=1S/C18H14N4O3/c1-25-14-5-4-11-3-2-7-20-17(11)16(14)18(24)22-10-15(23)21-12-9-19-8-6-13(12)22/h2-9H,10H2,1H3,(H,21,23). The SMILES string of the molecule is COc1ccc2cccnc2c1C(=O)N1CC(=O)Nc2cnccc21. The van der Waals surface area contributed by atoms with E-state index < -0.39 is 0 Å². The fourth-order valence-corrected chi connectivity index (χ4v) is 2.96. The molecule has 3 aromatic rings. The molecule has 0 saturated heterocycles. The fraction of sp³-hybridized carbons (Fsp3) is 0.111. The second-order valence-corrected chi connectivity index (χ2v) is 5.55. The molecule has 1 aliphatic heterocycles. The van der Waals surface area contributed by atoms with Gasteiger partial charge in [0.15, 0.2) is 0 Å². The molecule has 0 aliphatic carbocycles. The van der Waals surface area contributed by atoms with Crippen molar-refractivity contribution in [3.8, 4) is 5.75 Å². The highest BCUT2D eigenvalue weighted by Gasteiger charge is 2.30. The molecule has 0 saturated carbocycles. The van der Waals surface area contributed by atoms with Crippen LogP contribution >= 0.6 is 0 Å². The van der Waals surface area contributed by atoms with Crippen molar-refractivity contribution in [1.29, 1.82) is 0 Å². The molecular weight excluding hydrogens is 320 g/mol. The van der Waals surface area contributed by atoms with Gasteiger partial charge in [0.05, 0.1) is 30.2 Å². The molecule has 0 atom stereocenters. The first-order chi connectivity index (χ1) is 12.2. The molecule has 7 heteroatoms.